The number of anilines is 1. The molecule has 0 bridgehead atoms. The first-order chi connectivity index (χ1) is 8.95. The van der Waals surface area contributed by atoms with Crippen molar-refractivity contribution in [3.63, 3.8) is 0 Å². The number of rotatable bonds is 2. The van der Waals surface area contributed by atoms with Crippen LogP contribution in [0.5, 0.6) is 0 Å². The van der Waals surface area contributed by atoms with Gasteiger partial charge in [0.15, 0.2) is 5.82 Å². The number of hydrogen-bond acceptors (Lipinski definition) is 2. The highest BCUT2D eigenvalue weighted by Crippen LogP contribution is 2.35. The Hall–Kier alpha value is -0.610. The Balaban J connectivity index is 2.38. The summed E-state index contributed by atoms with van der Waals surface area (Å²) in [6.45, 7) is 7.92. The van der Waals surface area contributed by atoms with Crippen molar-refractivity contribution in [2.24, 2.45) is 17.6 Å². The van der Waals surface area contributed by atoms with E-state index in [1.54, 1.807) is 0 Å². The molecule has 0 aromatic heterocycles. The third kappa shape index (κ3) is 2.79. The first-order valence-electron chi connectivity index (χ1n) is 6.89. The second-order valence-electron chi connectivity index (χ2n) is 5.79. The Kier molecular flexibility index (Phi) is 4.51. The van der Waals surface area contributed by atoms with E-state index in [-0.39, 0.29) is 5.82 Å². The van der Waals surface area contributed by atoms with E-state index in [4.69, 9.17) is 5.73 Å². The third-order valence-corrected chi connectivity index (χ3v) is 5.13. The molecule has 0 aliphatic carbocycles. The number of nitrogens with two attached hydrogens (primary N) is 1. The van der Waals surface area contributed by atoms with Gasteiger partial charge in [0.2, 0.25) is 0 Å². The Morgan fingerprint density at radius 1 is 1.37 bits per heavy atom. The lowest BCUT2D eigenvalue weighted by atomic mass is 9.85. The average molecular weight is 329 g/mol. The van der Waals surface area contributed by atoms with E-state index >= 15 is 0 Å². The van der Waals surface area contributed by atoms with Crippen molar-refractivity contribution in [3.8, 4) is 0 Å². The second-order valence-corrected chi connectivity index (χ2v) is 6.58. The molecule has 1 aliphatic rings. The van der Waals surface area contributed by atoms with Crippen LogP contribution in [0.1, 0.15) is 32.8 Å². The minimum absolute atomic E-state index is 0.184. The van der Waals surface area contributed by atoms with Crippen molar-refractivity contribution in [1.29, 1.82) is 0 Å². The van der Waals surface area contributed by atoms with Gasteiger partial charge in [-0.1, -0.05) is 19.9 Å². The minimum Gasteiger partial charge on any atom is -0.366 e. The zero-order valence-corrected chi connectivity index (χ0v) is 13.4. The lowest BCUT2D eigenvalue weighted by molar-refractivity contribution is 0.295. The van der Waals surface area contributed by atoms with Crippen molar-refractivity contribution >= 4 is 21.6 Å². The van der Waals surface area contributed by atoms with Crippen LogP contribution in [0.4, 0.5) is 10.1 Å². The number of benzene rings is 1. The topological polar surface area (TPSA) is 29.3 Å². The maximum Gasteiger partial charge on any atom is 0.160 e. The number of hydrogen-bond donors (Lipinski definition) is 1. The molecule has 19 heavy (non-hydrogen) atoms. The highest BCUT2D eigenvalue weighted by molar-refractivity contribution is 9.10. The third-order valence-electron chi connectivity index (χ3n) is 4.27. The van der Waals surface area contributed by atoms with Crippen LogP contribution in [-0.4, -0.2) is 12.6 Å². The van der Waals surface area contributed by atoms with Crippen LogP contribution in [0.3, 0.4) is 0 Å². The van der Waals surface area contributed by atoms with Crippen molar-refractivity contribution in [3.05, 3.63) is 28.0 Å². The molecule has 0 amide bonds. The van der Waals surface area contributed by atoms with Gasteiger partial charge < -0.3 is 10.6 Å². The molecule has 106 valence electrons. The van der Waals surface area contributed by atoms with Crippen molar-refractivity contribution in [2.45, 2.75) is 39.8 Å². The first-order valence-corrected chi connectivity index (χ1v) is 7.68. The van der Waals surface area contributed by atoms with Crippen LogP contribution in [0.2, 0.25) is 0 Å². The maximum atomic E-state index is 14.5. The average Bonchev–Trinajstić information content (AvgIpc) is 2.37. The molecule has 2 rings (SSSR count). The van der Waals surface area contributed by atoms with Crippen molar-refractivity contribution in [1.82, 2.24) is 0 Å². The van der Waals surface area contributed by atoms with E-state index < -0.39 is 0 Å². The molecule has 2 N–H and O–H groups in total. The predicted molar refractivity (Wildman–Crippen MR) is 81.7 cm³/mol. The Bertz CT molecular complexity index is 464. The molecular formula is C15H22BrFN2. The summed E-state index contributed by atoms with van der Waals surface area (Å²) in [6, 6.07) is 4.14. The summed E-state index contributed by atoms with van der Waals surface area (Å²) >= 11 is 3.33. The van der Waals surface area contributed by atoms with E-state index in [1.807, 2.05) is 12.1 Å². The Morgan fingerprint density at radius 3 is 2.68 bits per heavy atom. The number of nitrogens with zero attached hydrogens (tertiary/aromatic N) is 1. The molecule has 1 aromatic rings. The number of halogens is 2. The summed E-state index contributed by atoms with van der Waals surface area (Å²) in [5, 5.41) is 0. The lowest BCUT2D eigenvalue weighted by Gasteiger charge is -2.43. The minimum atomic E-state index is -0.184. The highest BCUT2D eigenvalue weighted by atomic mass is 79.9. The maximum absolute atomic E-state index is 14.5. The summed E-state index contributed by atoms with van der Waals surface area (Å²) in [5.74, 6) is 0.991. The van der Waals surface area contributed by atoms with Crippen LogP contribution < -0.4 is 10.6 Å². The molecule has 1 aromatic carbocycles. The summed E-state index contributed by atoms with van der Waals surface area (Å²) in [6.07, 6.45) is 1.21. The van der Waals surface area contributed by atoms with Crippen LogP contribution in [0.25, 0.3) is 0 Å². The zero-order chi connectivity index (χ0) is 14.2. The molecule has 1 saturated heterocycles. The van der Waals surface area contributed by atoms with Gasteiger partial charge in [-0.3, -0.25) is 0 Å². The molecule has 4 heteroatoms. The normalized spacial score (nSPS) is 27.7. The predicted octanol–water partition coefficient (Wildman–Crippen LogP) is 3.92. The van der Waals surface area contributed by atoms with Crippen LogP contribution in [0.15, 0.2) is 16.6 Å². The van der Waals surface area contributed by atoms with Crippen LogP contribution in [0, 0.1) is 17.7 Å². The van der Waals surface area contributed by atoms with Gasteiger partial charge in [0.25, 0.3) is 0 Å². The van der Waals surface area contributed by atoms with Gasteiger partial charge in [-0.15, -0.1) is 0 Å². The van der Waals surface area contributed by atoms with Gasteiger partial charge in [-0.2, -0.15) is 0 Å². The molecule has 1 fully saturated rings. The van der Waals surface area contributed by atoms with E-state index in [1.165, 1.54) is 6.42 Å². The SMILES string of the molecule is CC1CC(C)C(C)N(c2ccc(CN)c(Br)c2F)C1. The molecule has 2 nitrogen and oxygen atoms in total. The van der Waals surface area contributed by atoms with Gasteiger partial charge in [0.1, 0.15) is 0 Å². The molecular weight excluding hydrogens is 307 g/mol. The molecule has 0 saturated carbocycles. The molecule has 1 aliphatic heterocycles. The van der Waals surface area contributed by atoms with Gasteiger partial charge in [-0.25, -0.2) is 4.39 Å². The van der Waals surface area contributed by atoms with E-state index in [9.17, 15) is 4.39 Å². The van der Waals surface area contributed by atoms with E-state index in [0.717, 1.165) is 12.1 Å². The van der Waals surface area contributed by atoms with Crippen LogP contribution in [-0.2, 0) is 6.54 Å². The fourth-order valence-corrected chi connectivity index (χ4v) is 3.49. The monoisotopic (exact) mass is 328 g/mol. The summed E-state index contributed by atoms with van der Waals surface area (Å²) in [4.78, 5) is 2.19. The van der Waals surface area contributed by atoms with Crippen LogP contribution >= 0.6 is 15.9 Å². The van der Waals surface area contributed by atoms with E-state index in [2.05, 4.69) is 41.6 Å². The molecule has 0 radical (unpaired) electrons. The van der Waals surface area contributed by atoms with Gasteiger partial charge in [-0.05, 0) is 52.7 Å². The zero-order valence-electron chi connectivity index (χ0n) is 11.8. The molecule has 3 atom stereocenters. The fourth-order valence-electron chi connectivity index (χ4n) is 2.99. The quantitative estimate of drug-likeness (QED) is 0.891. The van der Waals surface area contributed by atoms with Gasteiger partial charge >= 0.3 is 0 Å². The Morgan fingerprint density at radius 2 is 2.05 bits per heavy atom. The standard InChI is InChI=1S/C15H22BrFN2/c1-9-6-10(2)11(3)19(8-9)13-5-4-12(7-18)14(16)15(13)17/h4-5,9-11H,6-8,18H2,1-3H3. The number of piperidine rings is 1. The van der Waals surface area contributed by atoms with E-state index in [0.29, 0.717) is 34.6 Å². The summed E-state index contributed by atoms with van der Waals surface area (Å²) in [7, 11) is 0. The Labute approximate surface area is 123 Å². The highest BCUT2D eigenvalue weighted by Gasteiger charge is 2.30. The lowest BCUT2D eigenvalue weighted by Crippen LogP contribution is -2.46. The molecule has 0 spiro atoms. The fraction of sp³-hybridized carbons (Fsp3) is 0.600. The summed E-state index contributed by atoms with van der Waals surface area (Å²) in [5.41, 5.74) is 7.11. The molecule has 1 heterocycles. The first kappa shape index (κ1) is 14.8. The second kappa shape index (κ2) is 5.80. The smallest absolute Gasteiger partial charge is 0.160 e. The van der Waals surface area contributed by atoms with Gasteiger partial charge in [0.05, 0.1) is 10.2 Å². The largest absolute Gasteiger partial charge is 0.366 e. The van der Waals surface area contributed by atoms with Crippen molar-refractivity contribution in [2.75, 3.05) is 11.4 Å². The van der Waals surface area contributed by atoms with Crippen molar-refractivity contribution < 1.29 is 4.39 Å². The summed E-state index contributed by atoms with van der Waals surface area (Å²) < 4.78 is 15.0. The van der Waals surface area contributed by atoms with Gasteiger partial charge in [0, 0.05) is 19.1 Å². The molecule has 3 unspecified atom stereocenters.